The highest BCUT2D eigenvalue weighted by Crippen LogP contribution is 2.35. The van der Waals surface area contributed by atoms with Crippen LogP contribution in [0.25, 0.3) is 22.0 Å². The van der Waals surface area contributed by atoms with Crippen molar-refractivity contribution < 1.29 is 26.7 Å². The predicted molar refractivity (Wildman–Crippen MR) is 112 cm³/mol. The van der Waals surface area contributed by atoms with Crippen molar-refractivity contribution in [3.05, 3.63) is 72.4 Å². The Balaban J connectivity index is 1.60. The monoisotopic (exact) mass is 464 g/mol. The number of hydrogen-bond donors (Lipinski definition) is 2. The molecule has 164 valence electrons. The SMILES string of the molecule is Nc1ncc2cc(-c3c(F)ccc(NSc4cccc(OC(F)(F)F)c4)c3F)ccc2n1. The van der Waals surface area contributed by atoms with Crippen LogP contribution in [-0.2, 0) is 0 Å². The van der Waals surface area contributed by atoms with E-state index in [1.54, 1.807) is 6.07 Å². The van der Waals surface area contributed by atoms with Crippen LogP contribution in [0.4, 0.5) is 33.6 Å². The molecule has 0 spiro atoms. The molecule has 3 aromatic carbocycles. The van der Waals surface area contributed by atoms with Gasteiger partial charge in [0, 0.05) is 16.5 Å². The molecule has 11 heteroatoms. The van der Waals surface area contributed by atoms with E-state index in [1.807, 2.05) is 0 Å². The number of halogens is 5. The molecule has 1 aromatic heterocycles. The first-order valence-corrected chi connectivity index (χ1v) is 9.80. The molecule has 0 amide bonds. The first kappa shape index (κ1) is 21.6. The molecule has 32 heavy (non-hydrogen) atoms. The van der Waals surface area contributed by atoms with E-state index in [9.17, 15) is 17.6 Å². The predicted octanol–water partition coefficient (Wildman–Crippen LogP) is 6.18. The lowest BCUT2D eigenvalue weighted by atomic mass is 10.0. The van der Waals surface area contributed by atoms with Crippen LogP contribution in [0.2, 0.25) is 0 Å². The summed E-state index contributed by atoms with van der Waals surface area (Å²) in [7, 11) is 0. The smallest absolute Gasteiger partial charge is 0.406 e. The van der Waals surface area contributed by atoms with Gasteiger partial charge in [-0.15, -0.1) is 13.2 Å². The number of nitrogens with zero attached hydrogens (tertiary/aromatic N) is 2. The van der Waals surface area contributed by atoms with Crippen molar-refractivity contribution in [1.82, 2.24) is 9.97 Å². The second kappa shape index (κ2) is 8.50. The lowest BCUT2D eigenvalue weighted by Crippen LogP contribution is -2.17. The fraction of sp³-hybridized carbons (Fsp3) is 0.0476. The maximum atomic E-state index is 15.1. The second-order valence-corrected chi connectivity index (χ2v) is 7.39. The number of nitrogens with one attached hydrogen (secondary N) is 1. The Labute approximate surface area is 182 Å². The number of ether oxygens (including phenoxy) is 1. The van der Waals surface area contributed by atoms with Crippen molar-refractivity contribution in [2.75, 3.05) is 10.5 Å². The summed E-state index contributed by atoms with van der Waals surface area (Å²) < 4.78 is 73.4. The van der Waals surface area contributed by atoms with Crippen LogP contribution in [0.1, 0.15) is 0 Å². The lowest BCUT2D eigenvalue weighted by molar-refractivity contribution is -0.274. The quantitative estimate of drug-likeness (QED) is 0.272. The highest BCUT2D eigenvalue weighted by atomic mass is 32.2. The molecule has 0 aliphatic heterocycles. The van der Waals surface area contributed by atoms with E-state index in [1.165, 1.54) is 36.5 Å². The van der Waals surface area contributed by atoms with Crippen LogP contribution in [0, 0.1) is 11.6 Å². The molecular weight excluding hydrogens is 451 g/mol. The van der Waals surface area contributed by atoms with Gasteiger partial charge in [-0.1, -0.05) is 12.1 Å². The molecule has 0 aliphatic rings. The Morgan fingerprint density at radius 3 is 2.59 bits per heavy atom. The van der Waals surface area contributed by atoms with Gasteiger partial charge in [-0.05, 0) is 60.0 Å². The van der Waals surface area contributed by atoms with Gasteiger partial charge in [0.15, 0.2) is 5.82 Å². The number of benzene rings is 3. The third-order valence-electron chi connectivity index (χ3n) is 4.30. The van der Waals surface area contributed by atoms with Crippen LogP contribution in [-0.4, -0.2) is 16.3 Å². The molecule has 0 fully saturated rings. The minimum atomic E-state index is -4.83. The molecule has 0 radical (unpaired) electrons. The van der Waals surface area contributed by atoms with E-state index in [-0.39, 0.29) is 22.8 Å². The third-order valence-corrected chi connectivity index (χ3v) is 5.11. The molecular formula is C21H13F5N4OS. The normalized spacial score (nSPS) is 11.5. The standard InChI is InChI=1S/C21H13F5N4OS/c22-15-5-7-17(30-32-14-3-1-2-13(9-14)31-21(24,25)26)19(23)18(15)11-4-6-16-12(8-11)10-28-20(27)29-16/h1-10,30H,(H2,27,28,29). The molecule has 0 bridgehead atoms. The molecule has 0 saturated carbocycles. The van der Waals surface area contributed by atoms with Gasteiger partial charge in [0.05, 0.1) is 16.8 Å². The Kier molecular flexibility index (Phi) is 5.74. The van der Waals surface area contributed by atoms with Crippen molar-refractivity contribution in [2.45, 2.75) is 11.3 Å². The number of fused-ring (bicyclic) bond motifs is 1. The molecule has 0 atom stereocenters. The molecule has 4 rings (SSSR count). The molecule has 1 heterocycles. The van der Waals surface area contributed by atoms with Gasteiger partial charge in [-0.25, -0.2) is 18.7 Å². The van der Waals surface area contributed by atoms with Gasteiger partial charge in [-0.2, -0.15) is 0 Å². The fourth-order valence-corrected chi connectivity index (χ4v) is 3.66. The summed E-state index contributed by atoms with van der Waals surface area (Å²) >= 11 is 0.848. The zero-order valence-electron chi connectivity index (χ0n) is 16.0. The van der Waals surface area contributed by atoms with Crippen molar-refractivity contribution in [3.8, 4) is 16.9 Å². The highest BCUT2D eigenvalue weighted by Gasteiger charge is 2.31. The number of alkyl halides is 3. The van der Waals surface area contributed by atoms with E-state index >= 15 is 4.39 Å². The van der Waals surface area contributed by atoms with E-state index in [0.29, 0.717) is 15.8 Å². The topological polar surface area (TPSA) is 73.1 Å². The fourth-order valence-electron chi connectivity index (χ4n) is 2.95. The van der Waals surface area contributed by atoms with Gasteiger partial charge in [0.25, 0.3) is 0 Å². The summed E-state index contributed by atoms with van der Waals surface area (Å²) in [5.74, 6) is -1.98. The lowest BCUT2D eigenvalue weighted by Gasteiger charge is -2.13. The largest absolute Gasteiger partial charge is 0.573 e. The van der Waals surface area contributed by atoms with Gasteiger partial charge < -0.3 is 15.2 Å². The summed E-state index contributed by atoms with van der Waals surface area (Å²) in [6.45, 7) is 0. The molecule has 0 aliphatic carbocycles. The van der Waals surface area contributed by atoms with Gasteiger partial charge in [-0.3, -0.25) is 0 Å². The maximum absolute atomic E-state index is 15.1. The number of hydrogen-bond acceptors (Lipinski definition) is 6. The molecule has 0 unspecified atom stereocenters. The van der Waals surface area contributed by atoms with Gasteiger partial charge >= 0.3 is 6.36 Å². The third kappa shape index (κ3) is 4.83. The Bertz CT molecular complexity index is 1300. The highest BCUT2D eigenvalue weighted by molar-refractivity contribution is 8.00. The van der Waals surface area contributed by atoms with Crippen LogP contribution in [0.5, 0.6) is 5.75 Å². The van der Waals surface area contributed by atoms with Gasteiger partial charge in [0.1, 0.15) is 11.6 Å². The zero-order valence-corrected chi connectivity index (χ0v) is 16.8. The van der Waals surface area contributed by atoms with E-state index in [0.717, 1.165) is 30.1 Å². The maximum Gasteiger partial charge on any atom is 0.573 e. The first-order chi connectivity index (χ1) is 15.2. The minimum absolute atomic E-state index is 0.0535. The van der Waals surface area contributed by atoms with Crippen molar-refractivity contribution in [3.63, 3.8) is 0 Å². The van der Waals surface area contributed by atoms with Crippen LogP contribution >= 0.6 is 11.9 Å². The molecule has 4 aromatic rings. The summed E-state index contributed by atoms with van der Waals surface area (Å²) in [6.07, 6.45) is -3.38. The van der Waals surface area contributed by atoms with Crippen molar-refractivity contribution in [2.24, 2.45) is 0 Å². The summed E-state index contributed by atoms with van der Waals surface area (Å²) in [5, 5.41) is 0.546. The first-order valence-electron chi connectivity index (χ1n) is 8.99. The number of rotatable bonds is 5. The average molecular weight is 464 g/mol. The number of nitrogens with two attached hydrogens (primary N) is 1. The molecule has 5 nitrogen and oxygen atoms in total. The molecule has 3 N–H and O–H groups in total. The average Bonchev–Trinajstić information content (AvgIpc) is 2.72. The minimum Gasteiger partial charge on any atom is -0.406 e. The van der Waals surface area contributed by atoms with Crippen LogP contribution in [0.15, 0.2) is 65.7 Å². The summed E-state index contributed by atoms with van der Waals surface area (Å²) in [5.41, 5.74) is 6.00. The van der Waals surface area contributed by atoms with E-state index < -0.39 is 23.7 Å². The van der Waals surface area contributed by atoms with Crippen LogP contribution in [0.3, 0.4) is 0 Å². The van der Waals surface area contributed by atoms with E-state index in [2.05, 4.69) is 19.4 Å². The summed E-state index contributed by atoms with van der Waals surface area (Å²) in [4.78, 5) is 8.26. The zero-order chi connectivity index (χ0) is 22.9. The van der Waals surface area contributed by atoms with Crippen molar-refractivity contribution >= 4 is 34.5 Å². The number of aromatic nitrogens is 2. The Morgan fingerprint density at radius 2 is 1.81 bits per heavy atom. The Hall–Kier alpha value is -3.60. The number of anilines is 2. The molecule has 0 saturated heterocycles. The Morgan fingerprint density at radius 1 is 1.00 bits per heavy atom. The van der Waals surface area contributed by atoms with Crippen molar-refractivity contribution in [1.29, 1.82) is 0 Å². The van der Waals surface area contributed by atoms with Gasteiger partial charge in [0.2, 0.25) is 5.95 Å². The van der Waals surface area contributed by atoms with Crippen LogP contribution < -0.4 is 15.2 Å². The number of nitrogen functional groups attached to an aromatic ring is 1. The second-order valence-electron chi connectivity index (χ2n) is 6.51. The van der Waals surface area contributed by atoms with E-state index in [4.69, 9.17) is 5.73 Å². The summed E-state index contributed by atoms with van der Waals surface area (Å²) in [6, 6.07) is 12.1.